The molecule has 2 rings (SSSR count). The van der Waals surface area contributed by atoms with E-state index in [1.54, 1.807) is 0 Å². The van der Waals surface area contributed by atoms with Gasteiger partial charge in [-0.15, -0.1) is 11.8 Å². The van der Waals surface area contributed by atoms with Crippen LogP contribution in [0.4, 0.5) is 8.78 Å². The summed E-state index contributed by atoms with van der Waals surface area (Å²) < 4.78 is 26.3. The van der Waals surface area contributed by atoms with E-state index in [0.717, 1.165) is 11.1 Å². The number of thioether (sulfide) groups is 1. The van der Waals surface area contributed by atoms with Gasteiger partial charge in [0, 0.05) is 9.49 Å². The SMILES string of the molecule is CC(CF)(Cc1ccccc1)SC(C)(CF)Cc1ccccc1. The fraction of sp³-hybridized carbons (Fsp3) is 0.400. The molecule has 3 heteroatoms. The third-order valence-electron chi connectivity index (χ3n) is 3.90. The Balaban J connectivity index is 2.13. The molecular weight excluding hydrogens is 310 g/mol. The predicted molar refractivity (Wildman–Crippen MR) is 96.6 cm³/mol. The molecule has 0 heterocycles. The van der Waals surface area contributed by atoms with Crippen LogP contribution < -0.4 is 0 Å². The minimum atomic E-state index is -0.628. The van der Waals surface area contributed by atoms with E-state index in [-0.39, 0.29) is 0 Å². The largest absolute Gasteiger partial charge is 0.250 e. The van der Waals surface area contributed by atoms with Crippen LogP contribution >= 0.6 is 11.8 Å². The van der Waals surface area contributed by atoms with Gasteiger partial charge in [0.2, 0.25) is 0 Å². The maximum Gasteiger partial charge on any atom is 0.104 e. The van der Waals surface area contributed by atoms with Crippen LogP contribution in [0.25, 0.3) is 0 Å². The van der Waals surface area contributed by atoms with Crippen molar-refractivity contribution in [3.05, 3.63) is 71.8 Å². The summed E-state index contributed by atoms with van der Waals surface area (Å²) in [6.45, 7) is 2.83. The molecule has 2 aromatic carbocycles. The normalized spacial score (nSPS) is 16.5. The Morgan fingerprint density at radius 1 is 0.696 bits per heavy atom. The first-order valence-electron chi connectivity index (χ1n) is 7.89. The fourth-order valence-electron chi connectivity index (χ4n) is 2.87. The smallest absolute Gasteiger partial charge is 0.104 e. The summed E-state index contributed by atoms with van der Waals surface area (Å²) in [6.07, 6.45) is 1.19. The molecule has 0 bridgehead atoms. The van der Waals surface area contributed by atoms with Crippen LogP contribution in [0.2, 0.25) is 0 Å². The quantitative estimate of drug-likeness (QED) is 0.600. The molecule has 0 amide bonds. The molecule has 2 unspecified atom stereocenters. The van der Waals surface area contributed by atoms with Gasteiger partial charge in [0.25, 0.3) is 0 Å². The molecule has 124 valence electrons. The van der Waals surface area contributed by atoms with Crippen LogP contribution in [0, 0.1) is 0 Å². The molecule has 0 spiro atoms. The average molecular weight is 334 g/mol. The summed E-state index contributed by atoms with van der Waals surface area (Å²) in [6, 6.07) is 19.7. The molecule has 2 atom stereocenters. The van der Waals surface area contributed by atoms with Crippen molar-refractivity contribution in [1.82, 2.24) is 0 Å². The lowest BCUT2D eigenvalue weighted by molar-refractivity contribution is 0.386. The summed E-state index contributed by atoms with van der Waals surface area (Å²) in [5.74, 6) is 0. The van der Waals surface area contributed by atoms with Crippen molar-refractivity contribution in [3.63, 3.8) is 0 Å². The Bertz CT molecular complexity index is 534. The second kappa shape index (κ2) is 7.96. The van der Waals surface area contributed by atoms with Gasteiger partial charge in [0.05, 0.1) is 0 Å². The van der Waals surface area contributed by atoms with E-state index in [0.29, 0.717) is 12.8 Å². The molecule has 0 radical (unpaired) electrons. The molecule has 0 aromatic heterocycles. The van der Waals surface area contributed by atoms with Crippen LogP contribution in [0.1, 0.15) is 25.0 Å². The fourth-order valence-corrected chi connectivity index (χ4v) is 4.65. The zero-order valence-electron chi connectivity index (χ0n) is 13.8. The topological polar surface area (TPSA) is 0 Å². The van der Waals surface area contributed by atoms with Crippen LogP contribution in [-0.2, 0) is 12.8 Å². The van der Waals surface area contributed by atoms with Crippen LogP contribution in [0.5, 0.6) is 0 Å². The number of halogens is 2. The summed E-state index contributed by atoms with van der Waals surface area (Å²) in [5.41, 5.74) is 2.17. The van der Waals surface area contributed by atoms with Gasteiger partial charge in [-0.1, -0.05) is 60.7 Å². The van der Waals surface area contributed by atoms with Gasteiger partial charge in [0.15, 0.2) is 0 Å². The van der Waals surface area contributed by atoms with Gasteiger partial charge < -0.3 is 0 Å². The Hall–Kier alpha value is -1.35. The second-order valence-corrected chi connectivity index (χ2v) is 8.77. The van der Waals surface area contributed by atoms with Gasteiger partial charge in [0.1, 0.15) is 13.3 Å². The first kappa shape index (κ1) is 18.0. The molecule has 0 aliphatic rings. The first-order chi connectivity index (χ1) is 11.0. The van der Waals surface area contributed by atoms with Gasteiger partial charge in [-0.25, -0.2) is 8.78 Å². The second-order valence-electron chi connectivity index (χ2n) is 6.59. The van der Waals surface area contributed by atoms with Gasteiger partial charge in [-0.2, -0.15) is 0 Å². The molecule has 0 fully saturated rings. The van der Waals surface area contributed by atoms with Crippen molar-refractivity contribution < 1.29 is 8.78 Å². The molecule has 2 aromatic rings. The highest BCUT2D eigenvalue weighted by Gasteiger charge is 2.37. The highest BCUT2D eigenvalue weighted by atomic mass is 32.2. The first-order valence-corrected chi connectivity index (χ1v) is 8.70. The van der Waals surface area contributed by atoms with E-state index in [1.807, 2.05) is 74.5 Å². The van der Waals surface area contributed by atoms with E-state index < -0.39 is 22.8 Å². The zero-order valence-corrected chi connectivity index (χ0v) is 14.6. The monoisotopic (exact) mass is 334 g/mol. The highest BCUT2D eigenvalue weighted by molar-refractivity contribution is 8.02. The summed E-state index contributed by atoms with van der Waals surface area (Å²) in [7, 11) is 0. The molecule has 0 saturated carbocycles. The molecular formula is C20H24F2S. The van der Waals surface area contributed by atoms with E-state index in [4.69, 9.17) is 0 Å². The Morgan fingerprint density at radius 3 is 1.35 bits per heavy atom. The third kappa shape index (κ3) is 5.35. The Kier molecular flexibility index (Phi) is 6.23. The number of rotatable bonds is 8. The predicted octanol–water partition coefficient (Wildman–Crippen LogP) is 5.66. The van der Waals surface area contributed by atoms with Crippen LogP contribution in [-0.4, -0.2) is 22.8 Å². The van der Waals surface area contributed by atoms with Crippen molar-refractivity contribution in [2.75, 3.05) is 13.3 Å². The van der Waals surface area contributed by atoms with Crippen molar-refractivity contribution in [3.8, 4) is 0 Å². The Labute approximate surface area is 142 Å². The number of benzene rings is 2. The van der Waals surface area contributed by atoms with Crippen molar-refractivity contribution in [1.29, 1.82) is 0 Å². The maximum absolute atomic E-state index is 13.8. The lowest BCUT2D eigenvalue weighted by Gasteiger charge is -2.36. The van der Waals surface area contributed by atoms with Crippen molar-refractivity contribution >= 4 is 11.8 Å². The van der Waals surface area contributed by atoms with E-state index >= 15 is 0 Å². The number of hydrogen-bond acceptors (Lipinski definition) is 1. The summed E-state index contributed by atoms with van der Waals surface area (Å²) in [4.78, 5) is 0. The molecule has 0 aliphatic carbocycles. The summed E-state index contributed by atoms with van der Waals surface area (Å²) in [5, 5.41) is 0. The van der Waals surface area contributed by atoms with Gasteiger partial charge in [-0.3, -0.25) is 0 Å². The number of hydrogen-bond donors (Lipinski definition) is 0. The zero-order chi connectivity index (χ0) is 16.8. The lowest BCUT2D eigenvalue weighted by atomic mass is 10.0. The lowest BCUT2D eigenvalue weighted by Crippen LogP contribution is -2.37. The summed E-state index contributed by atoms with van der Waals surface area (Å²) >= 11 is 1.43. The van der Waals surface area contributed by atoms with E-state index in [1.165, 1.54) is 11.8 Å². The van der Waals surface area contributed by atoms with Crippen LogP contribution in [0.15, 0.2) is 60.7 Å². The molecule has 0 N–H and O–H groups in total. The highest BCUT2D eigenvalue weighted by Crippen LogP contribution is 2.41. The van der Waals surface area contributed by atoms with E-state index in [9.17, 15) is 8.78 Å². The maximum atomic E-state index is 13.8. The third-order valence-corrected chi connectivity index (χ3v) is 5.39. The van der Waals surface area contributed by atoms with E-state index in [2.05, 4.69) is 0 Å². The minimum absolute atomic E-state index is 0.475. The molecule has 0 saturated heterocycles. The van der Waals surface area contributed by atoms with Crippen molar-refractivity contribution in [2.24, 2.45) is 0 Å². The van der Waals surface area contributed by atoms with Crippen LogP contribution in [0.3, 0.4) is 0 Å². The average Bonchev–Trinajstić information content (AvgIpc) is 2.56. The Morgan fingerprint density at radius 2 is 1.04 bits per heavy atom. The minimum Gasteiger partial charge on any atom is -0.250 e. The van der Waals surface area contributed by atoms with Crippen molar-refractivity contribution in [2.45, 2.75) is 36.2 Å². The molecule has 0 nitrogen and oxygen atoms in total. The van der Waals surface area contributed by atoms with Gasteiger partial charge >= 0.3 is 0 Å². The molecule has 23 heavy (non-hydrogen) atoms. The number of alkyl halides is 2. The standard InChI is InChI=1S/C20H24F2S/c1-19(15-21,13-17-9-5-3-6-10-17)23-20(2,16-22)14-18-11-7-4-8-12-18/h3-12H,13-16H2,1-2H3. The molecule has 0 aliphatic heterocycles. The van der Waals surface area contributed by atoms with Gasteiger partial charge in [-0.05, 0) is 37.8 Å².